The number of aromatic nitrogens is 5. The molecule has 1 atom stereocenters. The average Bonchev–Trinajstić information content (AvgIpc) is 3.25. The standard InChI is InChI=1S/C20H27N7O2/c1-20(2,3)27-17(23-16(25-27)11-15(21)28)10-13-6-5-9-26(12-13)19-24-18-14(29-19)7-4-8-22-18/h4,7-8,13H,5-6,9-12H2,1-3H3,(H2,21,28). The molecule has 0 saturated carbocycles. The van der Waals surface area contributed by atoms with Crippen molar-refractivity contribution in [2.24, 2.45) is 11.7 Å². The molecule has 3 aromatic heterocycles. The van der Waals surface area contributed by atoms with E-state index in [0.29, 0.717) is 29.0 Å². The molecule has 0 aliphatic carbocycles. The maximum atomic E-state index is 11.3. The summed E-state index contributed by atoms with van der Waals surface area (Å²) < 4.78 is 7.82. The zero-order valence-corrected chi connectivity index (χ0v) is 17.1. The number of pyridine rings is 1. The average molecular weight is 397 g/mol. The Bertz CT molecular complexity index is 984. The number of rotatable bonds is 5. The molecule has 1 aliphatic heterocycles. The number of hydrogen-bond acceptors (Lipinski definition) is 7. The lowest BCUT2D eigenvalue weighted by atomic mass is 9.94. The summed E-state index contributed by atoms with van der Waals surface area (Å²) in [6.45, 7) is 7.98. The van der Waals surface area contributed by atoms with Gasteiger partial charge in [-0.15, -0.1) is 0 Å². The highest BCUT2D eigenvalue weighted by Gasteiger charge is 2.28. The fourth-order valence-corrected chi connectivity index (χ4v) is 3.85. The Morgan fingerprint density at radius 2 is 2.17 bits per heavy atom. The van der Waals surface area contributed by atoms with Crippen LogP contribution in [0.15, 0.2) is 22.7 Å². The van der Waals surface area contributed by atoms with Crippen molar-refractivity contribution in [1.82, 2.24) is 24.7 Å². The van der Waals surface area contributed by atoms with E-state index in [1.54, 1.807) is 6.20 Å². The van der Waals surface area contributed by atoms with Gasteiger partial charge in [-0.25, -0.2) is 14.6 Å². The molecule has 4 rings (SSSR count). The normalized spacial score (nSPS) is 17.8. The minimum absolute atomic E-state index is 0.0583. The molecule has 1 amide bonds. The molecule has 3 aromatic rings. The number of oxazole rings is 1. The van der Waals surface area contributed by atoms with Gasteiger partial charge < -0.3 is 15.1 Å². The third-order valence-electron chi connectivity index (χ3n) is 5.10. The Morgan fingerprint density at radius 1 is 1.34 bits per heavy atom. The van der Waals surface area contributed by atoms with Gasteiger partial charge in [0.2, 0.25) is 11.6 Å². The number of hydrogen-bond donors (Lipinski definition) is 1. The first-order chi connectivity index (χ1) is 13.8. The summed E-state index contributed by atoms with van der Waals surface area (Å²) in [6.07, 6.45) is 4.70. The molecule has 29 heavy (non-hydrogen) atoms. The topological polar surface area (TPSA) is 116 Å². The zero-order valence-electron chi connectivity index (χ0n) is 17.1. The highest BCUT2D eigenvalue weighted by atomic mass is 16.4. The second-order valence-electron chi connectivity index (χ2n) is 8.65. The SMILES string of the molecule is CC(C)(C)n1nc(CC(N)=O)nc1CC1CCCN(c2nc3ncccc3o2)C1. The van der Waals surface area contributed by atoms with E-state index in [4.69, 9.17) is 10.2 Å². The van der Waals surface area contributed by atoms with Gasteiger partial charge in [0.05, 0.1) is 12.0 Å². The molecule has 0 radical (unpaired) electrons. The molecule has 154 valence electrons. The van der Waals surface area contributed by atoms with Crippen molar-refractivity contribution < 1.29 is 9.21 Å². The number of primary amides is 1. The molecule has 4 heterocycles. The Hall–Kier alpha value is -2.97. The van der Waals surface area contributed by atoms with Crippen molar-refractivity contribution >= 4 is 23.2 Å². The maximum Gasteiger partial charge on any atom is 0.299 e. The van der Waals surface area contributed by atoms with Crippen LogP contribution in [0.2, 0.25) is 0 Å². The van der Waals surface area contributed by atoms with Crippen LogP contribution in [0.25, 0.3) is 11.2 Å². The molecule has 0 spiro atoms. The molecule has 1 saturated heterocycles. The second-order valence-corrected chi connectivity index (χ2v) is 8.65. The number of nitrogens with zero attached hydrogens (tertiary/aromatic N) is 6. The molecule has 0 bridgehead atoms. The number of carbonyl (C=O) groups excluding carboxylic acids is 1. The van der Waals surface area contributed by atoms with Crippen molar-refractivity contribution in [2.75, 3.05) is 18.0 Å². The highest BCUT2D eigenvalue weighted by molar-refractivity contribution is 5.75. The van der Waals surface area contributed by atoms with Crippen molar-refractivity contribution in [3.05, 3.63) is 30.0 Å². The summed E-state index contributed by atoms with van der Waals surface area (Å²) in [5.74, 6) is 1.34. The number of fused-ring (bicyclic) bond motifs is 1. The molecule has 1 aliphatic rings. The smallest absolute Gasteiger partial charge is 0.299 e. The molecule has 0 aromatic carbocycles. The van der Waals surface area contributed by atoms with Crippen LogP contribution in [0.1, 0.15) is 45.3 Å². The lowest BCUT2D eigenvalue weighted by molar-refractivity contribution is -0.117. The van der Waals surface area contributed by atoms with Gasteiger partial charge in [-0.3, -0.25) is 4.79 Å². The molecule has 1 unspecified atom stereocenters. The predicted octanol–water partition coefficient (Wildman–Crippen LogP) is 2.06. The van der Waals surface area contributed by atoms with Crippen LogP contribution < -0.4 is 10.6 Å². The van der Waals surface area contributed by atoms with E-state index in [1.807, 2.05) is 16.8 Å². The van der Waals surface area contributed by atoms with Gasteiger partial charge in [-0.1, -0.05) is 0 Å². The van der Waals surface area contributed by atoms with E-state index in [-0.39, 0.29) is 12.0 Å². The molecular formula is C20H27N7O2. The van der Waals surface area contributed by atoms with Crippen LogP contribution in [0, 0.1) is 5.92 Å². The second kappa shape index (κ2) is 7.46. The number of piperidine rings is 1. The van der Waals surface area contributed by atoms with Crippen molar-refractivity contribution in [2.45, 2.75) is 52.0 Å². The van der Waals surface area contributed by atoms with Crippen LogP contribution >= 0.6 is 0 Å². The molecule has 2 N–H and O–H groups in total. The van der Waals surface area contributed by atoms with Gasteiger partial charge in [0.25, 0.3) is 6.01 Å². The maximum absolute atomic E-state index is 11.3. The van der Waals surface area contributed by atoms with E-state index >= 15 is 0 Å². The number of nitrogens with two attached hydrogens (primary N) is 1. The Labute approximate surface area is 169 Å². The summed E-state index contributed by atoms with van der Waals surface area (Å²) in [5.41, 5.74) is 6.45. The van der Waals surface area contributed by atoms with Gasteiger partial charge in [0, 0.05) is 25.7 Å². The van der Waals surface area contributed by atoms with E-state index in [1.165, 1.54) is 0 Å². The summed E-state index contributed by atoms with van der Waals surface area (Å²) >= 11 is 0. The Balaban J connectivity index is 1.53. The van der Waals surface area contributed by atoms with E-state index in [2.05, 4.69) is 45.7 Å². The summed E-state index contributed by atoms with van der Waals surface area (Å²) in [7, 11) is 0. The number of carbonyl (C=O) groups is 1. The Morgan fingerprint density at radius 3 is 2.90 bits per heavy atom. The minimum atomic E-state index is -0.420. The van der Waals surface area contributed by atoms with Crippen LogP contribution in [0.4, 0.5) is 6.01 Å². The van der Waals surface area contributed by atoms with Crippen LogP contribution in [-0.2, 0) is 23.2 Å². The van der Waals surface area contributed by atoms with E-state index in [9.17, 15) is 4.79 Å². The zero-order chi connectivity index (χ0) is 20.6. The van der Waals surface area contributed by atoms with E-state index < -0.39 is 5.91 Å². The number of anilines is 1. The molecule has 1 fully saturated rings. The summed E-state index contributed by atoms with van der Waals surface area (Å²) in [4.78, 5) is 26.9. The van der Waals surface area contributed by atoms with Gasteiger partial charge in [0.1, 0.15) is 5.82 Å². The lowest BCUT2D eigenvalue weighted by Gasteiger charge is -2.32. The first-order valence-corrected chi connectivity index (χ1v) is 9.99. The van der Waals surface area contributed by atoms with E-state index in [0.717, 1.165) is 38.2 Å². The first kappa shape index (κ1) is 19.4. The predicted molar refractivity (Wildman–Crippen MR) is 108 cm³/mol. The van der Waals surface area contributed by atoms with Crippen LogP contribution in [-0.4, -0.2) is 43.7 Å². The Kier molecular flexibility index (Phi) is 4.97. The van der Waals surface area contributed by atoms with Gasteiger partial charge in [-0.2, -0.15) is 10.1 Å². The molecule has 9 nitrogen and oxygen atoms in total. The third kappa shape index (κ3) is 4.23. The fraction of sp³-hybridized carbons (Fsp3) is 0.550. The van der Waals surface area contributed by atoms with Crippen LogP contribution in [0.3, 0.4) is 0 Å². The fourth-order valence-electron chi connectivity index (χ4n) is 3.85. The first-order valence-electron chi connectivity index (χ1n) is 9.99. The van der Waals surface area contributed by atoms with Gasteiger partial charge in [0.15, 0.2) is 11.4 Å². The third-order valence-corrected chi connectivity index (χ3v) is 5.10. The summed E-state index contributed by atoms with van der Waals surface area (Å²) in [6, 6.07) is 4.35. The van der Waals surface area contributed by atoms with Crippen LogP contribution in [0.5, 0.6) is 0 Å². The minimum Gasteiger partial charge on any atom is -0.422 e. The van der Waals surface area contributed by atoms with Crippen molar-refractivity contribution in [1.29, 1.82) is 0 Å². The monoisotopic (exact) mass is 397 g/mol. The number of amides is 1. The molecule has 9 heteroatoms. The largest absolute Gasteiger partial charge is 0.422 e. The highest BCUT2D eigenvalue weighted by Crippen LogP contribution is 2.28. The quantitative estimate of drug-likeness (QED) is 0.700. The van der Waals surface area contributed by atoms with Crippen molar-refractivity contribution in [3.63, 3.8) is 0 Å². The van der Waals surface area contributed by atoms with Gasteiger partial charge in [-0.05, 0) is 51.7 Å². The van der Waals surface area contributed by atoms with Crippen molar-refractivity contribution in [3.8, 4) is 0 Å². The summed E-state index contributed by atoms with van der Waals surface area (Å²) in [5, 5.41) is 4.55. The lowest BCUT2D eigenvalue weighted by Crippen LogP contribution is -2.37. The molecular weight excluding hydrogens is 370 g/mol. The van der Waals surface area contributed by atoms with Gasteiger partial charge >= 0.3 is 0 Å².